The van der Waals surface area contributed by atoms with Crippen molar-refractivity contribution in [2.24, 2.45) is 5.41 Å². The molecule has 0 aliphatic carbocycles. The first-order chi connectivity index (χ1) is 12.6. The van der Waals surface area contributed by atoms with E-state index in [0.29, 0.717) is 6.42 Å². The van der Waals surface area contributed by atoms with Gasteiger partial charge in [0.05, 0.1) is 21.8 Å². The molecule has 1 aromatic rings. The van der Waals surface area contributed by atoms with Crippen LogP contribution in [0.3, 0.4) is 0 Å². The molecule has 1 amide bonds. The Bertz CT molecular complexity index is 700. The van der Waals surface area contributed by atoms with Crippen LogP contribution in [0.15, 0.2) is 18.2 Å². The molecule has 0 aromatic heterocycles. The zero-order chi connectivity index (χ0) is 20.6. The van der Waals surface area contributed by atoms with Gasteiger partial charge < -0.3 is 14.8 Å². The second kappa shape index (κ2) is 9.46. The molecule has 1 aromatic carbocycles. The van der Waals surface area contributed by atoms with Gasteiger partial charge in [0.2, 0.25) is 0 Å². The van der Waals surface area contributed by atoms with E-state index < -0.39 is 45.3 Å². The number of rotatable bonds is 9. The van der Waals surface area contributed by atoms with Gasteiger partial charge in [-0.3, -0.25) is 25.0 Å². The Morgan fingerprint density at radius 1 is 1.11 bits per heavy atom. The summed E-state index contributed by atoms with van der Waals surface area (Å²) in [5.74, 6) is -0.407. The number of hydrogen-bond acceptors (Lipinski definition) is 8. The number of amides is 1. The van der Waals surface area contributed by atoms with Crippen molar-refractivity contribution in [2.75, 3.05) is 13.2 Å². The zero-order valence-electron chi connectivity index (χ0n) is 15.2. The van der Waals surface area contributed by atoms with E-state index in [4.69, 9.17) is 9.47 Å². The van der Waals surface area contributed by atoms with Crippen LogP contribution in [-0.2, 0) is 20.9 Å². The number of carbonyl (C=O) groups is 2. The summed E-state index contributed by atoms with van der Waals surface area (Å²) in [7, 11) is 0. The molecule has 27 heavy (non-hydrogen) atoms. The number of benzene rings is 1. The molecule has 0 spiro atoms. The molecular formula is C16H21N3O8. The highest BCUT2D eigenvalue weighted by Gasteiger charge is 2.27. The molecule has 1 N–H and O–H groups in total. The van der Waals surface area contributed by atoms with Crippen LogP contribution in [0.1, 0.15) is 32.8 Å². The van der Waals surface area contributed by atoms with Crippen LogP contribution in [0.2, 0.25) is 0 Å². The molecule has 0 bridgehead atoms. The van der Waals surface area contributed by atoms with Gasteiger partial charge in [0.15, 0.2) is 0 Å². The topological polar surface area (TPSA) is 151 Å². The van der Waals surface area contributed by atoms with Crippen LogP contribution in [0.4, 0.5) is 16.2 Å². The highest BCUT2D eigenvalue weighted by molar-refractivity contribution is 5.75. The van der Waals surface area contributed by atoms with Gasteiger partial charge in [0.1, 0.15) is 18.8 Å². The molecular weight excluding hydrogens is 362 g/mol. The Kier molecular flexibility index (Phi) is 7.64. The lowest BCUT2D eigenvalue weighted by Crippen LogP contribution is -2.31. The van der Waals surface area contributed by atoms with Crippen molar-refractivity contribution in [1.29, 1.82) is 0 Å². The Balaban J connectivity index is 2.57. The third kappa shape index (κ3) is 6.20. The Hall–Kier alpha value is -3.24. The molecule has 0 atom stereocenters. The van der Waals surface area contributed by atoms with Crippen molar-refractivity contribution in [3.8, 4) is 0 Å². The number of nitrogens with one attached hydrogen (secondary N) is 1. The van der Waals surface area contributed by atoms with E-state index in [-0.39, 0.29) is 18.7 Å². The lowest BCUT2D eigenvalue weighted by atomic mass is 9.91. The number of nitro benzene ring substituents is 2. The van der Waals surface area contributed by atoms with E-state index in [1.807, 2.05) is 6.92 Å². The average molecular weight is 383 g/mol. The third-order valence-electron chi connectivity index (χ3n) is 3.91. The molecule has 0 aliphatic rings. The number of nitrogens with zero attached hydrogens (tertiary/aromatic N) is 2. The number of esters is 1. The second-order valence-corrected chi connectivity index (χ2v) is 6.17. The van der Waals surface area contributed by atoms with Gasteiger partial charge >= 0.3 is 12.1 Å². The fourth-order valence-corrected chi connectivity index (χ4v) is 1.88. The van der Waals surface area contributed by atoms with Crippen molar-refractivity contribution < 1.29 is 28.9 Å². The average Bonchev–Trinajstić information content (AvgIpc) is 2.62. The molecule has 0 saturated carbocycles. The van der Waals surface area contributed by atoms with Gasteiger partial charge in [-0.1, -0.05) is 6.92 Å². The molecule has 11 heteroatoms. The van der Waals surface area contributed by atoms with Gasteiger partial charge in [-0.15, -0.1) is 0 Å². The second-order valence-electron chi connectivity index (χ2n) is 6.17. The number of carbonyl (C=O) groups excluding carboxylic acids is 2. The van der Waals surface area contributed by atoms with Gasteiger partial charge in [-0.2, -0.15) is 0 Å². The van der Waals surface area contributed by atoms with Gasteiger partial charge in [0.25, 0.3) is 11.4 Å². The summed E-state index contributed by atoms with van der Waals surface area (Å²) in [6.45, 7) is 4.54. The molecule has 0 heterocycles. The summed E-state index contributed by atoms with van der Waals surface area (Å²) in [5, 5.41) is 24.3. The molecule has 11 nitrogen and oxygen atoms in total. The maximum absolute atomic E-state index is 11.8. The summed E-state index contributed by atoms with van der Waals surface area (Å²) in [4.78, 5) is 43.8. The molecule has 0 fully saturated rings. The van der Waals surface area contributed by atoms with Gasteiger partial charge in [-0.25, -0.2) is 4.79 Å². The van der Waals surface area contributed by atoms with Gasteiger partial charge in [0, 0.05) is 12.1 Å². The summed E-state index contributed by atoms with van der Waals surface area (Å²) in [6.07, 6.45) is -0.358. The largest absolute Gasteiger partial charge is 0.463 e. The predicted molar refractivity (Wildman–Crippen MR) is 93.0 cm³/mol. The summed E-state index contributed by atoms with van der Waals surface area (Å²) >= 11 is 0. The quantitative estimate of drug-likeness (QED) is 0.296. The van der Waals surface area contributed by atoms with Crippen molar-refractivity contribution in [1.82, 2.24) is 5.32 Å². The molecule has 0 aliphatic heterocycles. The minimum Gasteiger partial charge on any atom is -0.463 e. The first-order valence-corrected chi connectivity index (χ1v) is 8.08. The molecule has 1 rings (SSSR count). The van der Waals surface area contributed by atoms with E-state index in [1.165, 1.54) is 6.07 Å². The first-order valence-electron chi connectivity index (χ1n) is 8.08. The predicted octanol–water partition coefficient (Wildman–Crippen LogP) is 2.71. The number of alkyl carbamates (subject to hydrolysis) is 1. The fourth-order valence-electron chi connectivity index (χ4n) is 1.88. The smallest absolute Gasteiger partial charge is 0.407 e. The van der Waals surface area contributed by atoms with Crippen LogP contribution in [0.25, 0.3) is 0 Å². The van der Waals surface area contributed by atoms with Crippen molar-refractivity contribution in [3.05, 3.63) is 44.0 Å². The van der Waals surface area contributed by atoms with E-state index in [0.717, 1.165) is 12.1 Å². The van der Waals surface area contributed by atoms with E-state index >= 15 is 0 Å². The Morgan fingerprint density at radius 2 is 1.67 bits per heavy atom. The molecule has 0 radical (unpaired) electrons. The number of nitro groups is 2. The summed E-state index contributed by atoms with van der Waals surface area (Å²) in [5.41, 5.74) is -2.00. The van der Waals surface area contributed by atoms with Crippen LogP contribution in [0, 0.1) is 25.6 Å². The van der Waals surface area contributed by atoms with Crippen LogP contribution in [-0.4, -0.2) is 35.1 Å². The maximum Gasteiger partial charge on any atom is 0.407 e. The zero-order valence-corrected chi connectivity index (χ0v) is 15.2. The highest BCUT2D eigenvalue weighted by Crippen LogP contribution is 2.28. The van der Waals surface area contributed by atoms with E-state index in [9.17, 15) is 29.8 Å². The summed E-state index contributed by atoms with van der Waals surface area (Å²) in [6, 6.07) is 3.34. The molecule has 148 valence electrons. The van der Waals surface area contributed by atoms with Crippen molar-refractivity contribution in [2.45, 2.75) is 33.8 Å². The third-order valence-corrected chi connectivity index (χ3v) is 3.91. The highest BCUT2D eigenvalue weighted by atomic mass is 16.6. The van der Waals surface area contributed by atoms with Crippen molar-refractivity contribution in [3.63, 3.8) is 0 Å². The SMILES string of the molecule is CCC(C)(C)C(=O)OCCNC(=O)OCc1c([N+](=O)[O-])cccc1[N+](=O)[O-]. The standard InChI is InChI=1S/C16H21N3O8/c1-4-16(2,3)14(20)26-9-8-17-15(21)27-10-11-12(18(22)23)6-5-7-13(11)19(24)25/h5-7H,4,8-10H2,1-3H3,(H,17,21). The van der Waals surface area contributed by atoms with Crippen LogP contribution < -0.4 is 5.32 Å². The number of hydrogen-bond donors (Lipinski definition) is 1. The first kappa shape index (κ1) is 21.8. The maximum atomic E-state index is 11.8. The van der Waals surface area contributed by atoms with E-state index in [2.05, 4.69) is 5.32 Å². The van der Waals surface area contributed by atoms with Crippen molar-refractivity contribution >= 4 is 23.4 Å². The normalized spacial score (nSPS) is 10.8. The fraction of sp³-hybridized carbons (Fsp3) is 0.500. The van der Waals surface area contributed by atoms with Crippen LogP contribution >= 0.6 is 0 Å². The number of ether oxygens (including phenoxy) is 2. The summed E-state index contributed by atoms with van der Waals surface area (Å²) < 4.78 is 9.83. The minimum atomic E-state index is -0.951. The Labute approximate surface area is 154 Å². The van der Waals surface area contributed by atoms with Crippen LogP contribution in [0.5, 0.6) is 0 Å². The molecule has 0 saturated heterocycles. The van der Waals surface area contributed by atoms with Gasteiger partial charge in [-0.05, 0) is 26.3 Å². The lowest BCUT2D eigenvalue weighted by molar-refractivity contribution is -0.396. The lowest BCUT2D eigenvalue weighted by Gasteiger charge is -2.20. The minimum absolute atomic E-state index is 0.0383. The monoisotopic (exact) mass is 383 g/mol. The Morgan fingerprint density at radius 3 is 2.15 bits per heavy atom. The molecule has 0 unspecified atom stereocenters. The van der Waals surface area contributed by atoms with E-state index in [1.54, 1.807) is 13.8 Å².